The zero-order valence-corrected chi connectivity index (χ0v) is 12.5. The fourth-order valence-electron chi connectivity index (χ4n) is 2.94. The second kappa shape index (κ2) is 6.94. The van der Waals surface area contributed by atoms with Crippen LogP contribution in [-0.2, 0) is 5.75 Å². The van der Waals surface area contributed by atoms with Gasteiger partial charge >= 0.3 is 6.09 Å². The summed E-state index contributed by atoms with van der Waals surface area (Å²) in [5.41, 5.74) is 0. The number of thiophene rings is 1. The summed E-state index contributed by atoms with van der Waals surface area (Å²) >= 11 is 0. The van der Waals surface area contributed by atoms with Gasteiger partial charge in [0.25, 0.3) is 5.00 Å². The first-order chi connectivity index (χ1) is 9.22. The van der Waals surface area contributed by atoms with E-state index in [0.29, 0.717) is 6.54 Å². The smallest absolute Gasteiger partial charge is 0.415 e. The van der Waals surface area contributed by atoms with Gasteiger partial charge in [-0.05, 0) is 25.3 Å². The summed E-state index contributed by atoms with van der Waals surface area (Å²) < 4.78 is 0. The first kappa shape index (κ1) is 14.4. The first-order valence-corrected chi connectivity index (χ1v) is 8.76. The molecular formula is C15H24NO2S+. The van der Waals surface area contributed by atoms with Crippen molar-refractivity contribution in [2.45, 2.75) is 51.2 Å². The standard InChI is InChI=1S/C15H23NO2S/c1-2-19-12-6-9-14(19)16(15(17)18)11-10-13-7-4-3-5-8-13/h6,9,12-13H,2-5,7-8,10-11H2,1H3/p+1. The van der Waals surface area contributed by atoms with E-state index in [9.17, 15) is 9.90 Å². The highest BCUT2D eigenvalue weighted by atomic mass is 32.2. The van der Waals surface area contributed by atoms with Gasteiger partial charge in [0, 0.05) is 23.1 Å². The number of hydrogen-bond donors (Lipinski definition) is 1. The third kappa shape index (κ3) is 3.72. The summed E-state index contributed by atoms with van der Waals surface area (Å²) in [6, 6.07) is 3.97. The molecule has 2 rings (SSSR count). The van der Waals surface area contributed by atoms with Crippen LogP contribution in [0.25, 0.3) is 0 Å². The Bertz CT molecular complexity index is 410. The van der Waals surface area contributed by atoms with Crippen LogP contribution < -0.4 is 4.90 Å². The summed E-state index contributed by atoms with van der Waals surface area (Å²) in [5, 5.41) is 12.6. The van der Waals surface area contributed by atoms with Gasteiger partial charge < -0.3 is 5.11 Å². The predicted molar refractivity (Wildman–Crippen MR) is 81.2 cm³/mol. The van der Waals surface area contributed by atoms with Gasteiger partial charge in [-0.1, -0.05) is 32.1 Å². The maximum absolute atomic E-state index is 11.5. The van der Waals surface area contributed by atoms with E-state index in [1.54, 1.807) is 4.90 Å². The van der Waals surface area contributed by atoms with Crippen LogP contribution in [0.1, 0.15) is 45.4 Å². The minimum absolute atomic E-state index is 0.00346. The number of hydrogen-bond acceptors (Lipinski definition) is 1. The van der Waals surface area contributed by atoms with Crippen molar-refractivity contribution < 1.29 is 9.90 Å². The Morgan fingerprint density at radius 3 is 2.79 bits per heavy atom. The van der Waals surface area contributed by atoms with Crippen molar-refractivity contribution in [3.8, 4) is 0 Å². The molecule has 0 bridgehead atoms. The van der Waals surface area contributed by atoms with Crippen molar-refractivity contribution in [2.24, 2.45) is 5.92 Å². The van der Waals surface area contributed by atoms with Crippen LogP contribution >= 0.6 is 10.5 Å². The fraction of sp³-hybridized carbons (Fsp3) is 0.667. The van der Waals surface area contributed by atoms with E-state index in [1.807, 2.05) is 12.1 Å². The molecule has 1 heterocycles. The van der Waals surface area contributed by atoms with E-state index in [2.05, 4.69) is 12.3 Å². The highest BCUT2D eigenvalue weighted by Crippen LogP contribution is 2.35. The first-order valence-electron chi connectivity index (χ1n) is 7.31. The zero-order valence-electron chi connectivity index (χ0n) is 11.7. The van der Waals surface area contributed by atoms with Gasteiger partial charge in [-0.15, -0.1) is 0 Å². The molecular weight excluding hydrogens is 258 g/mol. The Hall–Kier alpha value is -1.03. The maximum atomic E-state index is 11.5. The van der Waals surface area contributed by atoms with Gasteiger partial charge in [0.05, 0.1) is 0 Å². The van der Waals surface area contributed by atoms with E-state index < -0.39 is 6.09 Å². The second-order valence-electron chi connectivity index (χ2n) is 5.28. The van der Waals surface area contributed by atoms with Crippen LogP contribution in [0.4, 0.5) is 9.80 Å². The highest BCUT2D eigenvalue weighted by Gasteiger charge is 2.25. The van der Waals surface area contributed by atoms with Crippen molar-refractivity contribution in [3.63, 3.8) is 0 Å². The molecule has 1 amide bonds. The van der Waals surface area contributed by atoms with Crippen LogP contribution in [0, 0.1) is 5.92 Å². The van der Waals surface area contributed by atoms with E-state index in [4.69, 9.17) is 0 Å². The number of nitrogens with zero attached hydrogens (tertiary/aromatic N) is 1. The van der Waals surface area contributed by atoms with E-state index in [0.717, 1.165) is 23.1 Å². The van der Waals surface area contributed by atoms with Gasteiger partial charge in [-0.25, -0.2) is 9.69 Å². The van der Waals surface area contributed by atoms with Crippen molar-refractivity contribution in [3.05, 3.63) is 17.5 Å². The van der Waals surface area contributed by atoms with Gasteiger partial charge in [-0.3, -0.25) is 0 Å². The summed E-state index contributed by atoms with van der Waals surface area (Å²) in [7, 11) is -0.00346. The molecule has 4 heteroatoms. The van der Waals surface area contributed by atoms with Crippen LogP contribution in [0.2, 0.25) is 0 Å². The lowest BCUT2D eigenvalue weighted by Gasteiger charge is -2.23. The molecule has 0 aromatic carbocycles. The zero-order chi connectivity index (χ0) is 13.7. The van der Waals surface area contributed by atoms with E-state index in [1.165, 1.54) is 32.1 Å². The molecule has 1 N–H and O–H groups in total. The molecule has 1 unspecified atom stereocenters. The molecule has 106 valence electrons. The summed E-state index contributed by atoms with van der Waals surface area (Å²) in [5.74, 6) is 1.73. The monoisotopic (exact) mass is 282 g/mol. The van der Waals surface area contributed by atoms with E-state index in [-0.39, 0.29) is 10.5 Å². The lowest BCUT2D eigenvalue weighted by Crippen LogP contribution is -2.31. The van der Waals surface area contributed by atoms with Crippen molar-refractivity contribution in [2.75, 3.05) is 11.4 Å². The Morgan fingerprint density at radius 2 is 2.16 bits per heavy atom. The lowest BCUT2D eigenvalue weighted by molar-refractivity contribution is 0.201. The molecule has 19 heavy (non-hydrogen) atoms. The van der Waals surface area contributed by atoms with Crippen LogP contribution in [0.5, 0.6) is 0 Å². The summed E-state index contributed by atoms with van der Waals surface area (Å²) in [6.07, 6.45) is 6.78. The minimum Gasteiger partial charge on any atom is -0.465 e. The maximum Gasteiger partial charge on any atom is 0.415 e. The highest BCUT2D eigenvalue weighted by molar-refractivity contribution is 7.32. The Labute approximate surface area is 118 Å². The molecule has 1 saturated carbocycles. The van der Waals surface area contributed by atoms with Gasteiger partial charge in [0.1, 0.15) is 11.1 Å². The van der Waals surface area contributed by atoms with Crippen LogP contribution in [-0.4, -0.2) is 17.7 Å². The average Bonchev–Trinajstić information content (AvgIpc) is 2.88. The Morgan fingerprint density at radius 1 is 1.42 bits per heavy atom. The third-order valence-electron chi connectivity index (χ3n) is 4.04. The van der Waals surface area contributed by atoms with Crippen molar-refractivity contribution in [1.29, 1.82) is 0 Å². The summed E-state index contributed by atoms with van der Waals surface area (Å²) in [6.45, 7) is 2.78. The predicted octanol–water partition coefficient (Wildman–Crippen LogP) is 4.91. The molecule has 3 nitrogen and oxygen atoms in total. The number of aryl methyl sites for hydroxylation is 1. The van der Waals surface area contributed by atoms with Gasteiger partial charge in [-0.2, -0.15) is 0 Å². The van der Waals surface area contributed by atoms with Crippen molar-refractivity contribution >= 4 is 21.6 Å². The SMILES string of the molecule is CC[s+]1cccc1N(CCC1CCCCC1)C(=O)O. The lowest BCUT2D eigenvalue weighted by atomic mass is 9.87. The second-order valence-corrected chi connectivity index (χ2v) is 7.40. The summed E-state index contributed by atoms with van der Waals surface area (Å²) in [4.78, 5) is 13.1. The van der Waals surface area contributed by atoms with Gasteiger partial charge in [0.2, 0.25) is 0 Å². The molecule has 1 aliphatic rings. The molecule has 1 aliphatic carbocycles. The van der Waals surface area contributed by atoms with E-state index >= 15 is 0 Å². The fourth-order valence-corrected chi connectivity index (χ4v) is 4.54. The third-order valence-corrected chi connectivity index (χ3v) is 6.05. The normalized spacial score (nSPS) is 17.4. The number of carboxylic acid groups (broad SMARTS) is 1. The average molecular weight is 282 g/mol. The minimum atomic E-state index is -0.795. The number of anilines is 1. The molecule has 1 aromatic rings. The van der Waals surface area contributed by atoms with Gasteiger partial charge in [0.15, 0.2) is 0 Å². The largest absolute Gasteiger partial charge is 0.465 e. The molecule has 0 radical (unpaired) electrons. The topological polar surface area (TPSA) is 40.5 Å². The molecule has 0 spiro atoms. The quantitative estimate of drug-likeness (QED) is 0.779. The number of amides is 1. The Balaban J connectivity index is 1.98. The molecule has 0 saturated heterocycles. The van der Waals surface area contributed by atoms with Crippen LogP contribution in [0.3, 0.4) is 0 Å². The molecule has 1 aromatic heterocycles. The molecule has 0 aliphatic heterocycles. The Kier molecular flexibility index (Phi) is 5.25. The number of carbonyl (C=O) groups is 1. The molecule has 1 fully saturated rings. The van der Waals surface area contributed by atoms with Crippen molar-refractivity contribution in [1.82, 2.24) is 0 Å². The van der Waals surface area contributed by atoms with Crippen LogP contribution in [0.15, 0.2) is 17.5 Å². The number of rotatable bonds is 5. The molecule has 1 atom stereocenters.